The molecule has 0 amide bonds. The Morgan fingerprint density at radius 1 is 1.48 bits per heavy atom. The van der Waals surface area contributed by atoms with Crippen LogP contribution in [-0.4, -0.2) is 21.0 Å². The normalized spacial score (nSPS) is 10.6. The summed E-state index contributed by atoms with van der Waals surface area (Å²) in [6.45, 7) is 2.82. The molecule has 0 spiro atoms. The number of hydrogen-bond acceptors (Lipinski definition) is 4. The van der Waals surface area contributed by atoms with Crippen molar-refractivity contribution in [2.75, 3.05) is 11.6 Å². The smallest absolute Gasteiger partial charge is 0.107 e. The number of nitrogens with two attached hydrogens (primary N) is 1. The minimum Gasteiger partial charge on any atom is -0.389 e. The van der Waals surface area contributed by atoms with Gasteiger partial charge in [-0.05, 0) is 24.8 Å². The molecule has 2 aromatic rings. The van der Waals surface area contributed by atoms with Crippen molar-refractivity contribution in [2.24, 2.45) is 12.8 Å². The van der Waals surface area contributed by atoms with E-state index < -0.39 is 0 Å². The Hall–Kier alpha value is -1.53. The highest BCUT2D eigenvalue weighted by Gasteiger charge is 2.12. The van der Waals surface area contributed by atoms with E-state index in [0.717, 1.165) is 28.3 Å². The number of nitrogens with zero attached hydrogens (tertiary/aromatic N) is 2. The lowest BCUT2D eigenvalue weighted by Crippen LogP contribution is -2.14. The first-order valence-corrected chi connectivity index (χ1v) is 8.42. The highest BCUT2D eigenvalue weighted by atomic mass is 32.2. The van der Waals surface area contributed by atoms with Gasteiger partial charge in [0.15, 0.2) is 0 Å². The number of rotatable bonds is 6. The summed E-state index contributed by atoms with van der Waals surface area (Å²) in [5, 5.41) is 7.89. The van der Waals surface area contributed by atoms with Gasteiger partial charge in [0.2, 0.25) is 0 Å². The number of aromatic nitrogens is 2. The fraction of sp³-hybridized carbons (Fsp3) is 0.333. The molecular weight excluding hydrogens is 300 g/mol. The molecule has 3 N–H and O–H groups in total. The van der Waals surface area contributed by atoms with Crippen LogP contribution >= 0.6 is 24.0 Å². The van der Waals surface area contributed by atoms with Gasteiger partial charge in [-0.3, -0.25) is 4.68 Å². The highest BCUT2D eigenvalue weighted by Crippen LogP contribution is 2.27. The fourth-order valence-electron chi connectivity index (χ4n) is 2.32. The van der Waals surface area contributed by atoms with E-state index >= 15 is 0 Å². The SMILES string of the molecule is CCc1nn(C)cc1CNc1cccc(SC)c1C(N)=S. The first kappa shape index (κ1) is 15.9. The van der Waals surface area contributed by atoms with Crippen LogP contribution in [0.25, 0.3) is 0 Å². The van der Waals surface area contributed by atoms with E-state index in [1.165, 1.54) is 5.56 Å². The Bertz CT molecular complexity index is 649. The van der Waals surface area contributed by atoms with Gasteiger partial charge < -0.3 is 11.1 Å². The van der Waals surface area contributed by atoms with Crippen LogP contribution < -0.4 is 11.1 Å². The van der Waals surface area contributed by atoms with Crippen LogP contribution in [0.2, 0.25) is 0 Å². The van der Waals surface area contributed by atoms with Crippen LogP contribution in [0, 0.1) is 0 Å². The fourth-order valence-corrected chi connectivity index (χ4v) is 3.25. The molecule has 0 radical (unpaired) electrons. The molecule has 0 aliphatic rings. The predicted octanol–water partition coefficient (Wildman–Crippen LogP) is 2.95. The van der Waals surface area contributed by atoms with Gasteiger partial charge in [0.25, 0.3) is 0 Å². The van der Waals surface area contributed by atoms with Crippen molar-refractivity contribution in [1.29, 1.82) is 0 Å². The van der Waals surface area contributed by atoms with Crippen molar-refractivity contribution < 1.29 is 0 Å². The quantitative estimate of drug-likeness (QED) is 0.633. The first-order chi connectivity index (χ1) is 10.1. The second-order valence-corrected chi connectivity index (χ2v) is 6.02. The van der Waals surface area contributed by atoms with Crippen molar-refractivity contribution >= 4 is 34.7 Å². The number of hydrogen-bond donors (Lipinski definition) is 2. The third-order valence-corrected chi connectivity index (χ3v) is 4.27. The predicted molar refractivity (Wildman–Crippen MR) is 94.0 cm³/mol. The Labute approximate surface area is 135 Å². The topological polar surface area (TPSA) is 55.9 Å². The minimum atomic E-state index is 0.421. The second kappa shape index (κ2) is 6.95. The first-order valence-electron chi connectivity index (χ1n) is 6.78. The van der Waals surface area contributed by atoms with E-state index in [0.29, 0.717) is 11.5 Å². The zero-order chi connectivity index (χ0) is 15.4. The minimum absolute atomic E-state index is 0.421. The lowest BCUT2D eigenvalue weighted by molar-refractivity contribution is 0.746. The molecule has 1 heterocycles. The third kappa shape index (κ3) is 3.57. The number of benzene rings is 1. The van der Waals surface area contributed by atoms with E-state index in [1.807, 2.05) is 42.4 Å². The molecule has 0 unspecified atom stereocenters. The lowest BCUT2D eigenvalue weighted by atomic mass is 10.1. The molecule has 1 aromatic heterocycles. The molecule has 0 fully saturated rings. The van der Waals surface area contributed by atoms with Crippen molar-refractivity contribution in [3.05, 3.63) is 41.2 Å². The van der Waals surface area contributed by atoms with Crippen molar-refractivity contribution in [1.82, 2.24) is 9.78 Å². The van der Waals surface area contributed by atoms with E-state index in [4.69, 9.17) is 18.0 Å². The van der Waals surface area contributed by atoms with Gasteiger partial charge in [-0.15, -0.1) is 11.8 Å². The molecule has 2 rings (SSSR count). The average molecular weight is 320 g/mol. The number of anilines is 1. The second-order valence-electron chi connectivity index (χ2n) is 4.73. The van der Waals surface area contributed by atoms with E-state index in [1.54, 1.807) is 11.8 Å². The van der Waals surface area contributed by atoms with Crippen LogP contribution in [-0.2, 0) is 20.0 Å². The summed E-state index contributed by atoms with van der Waals surface area (Å²) in [4.78, 5) is 1.51. The van der Waals surface area contributed by atoms with Crippen LogP contribution in [0.15, 0.2) is 29.3 Å². The molecule has 112 valence electrons. The number of thiocarbonyl (C=S) groups is 1. The van der Waals surface area contributed by atoms with Gasteiger partial charge >= 0.3 is 0 Å². The molecule has 0 aliphatic heterocycles. The highest BCUT2D eigenvalue weighted by molar-refractivity contribution is 7.98. The number of thioether (sulfide) groups is 1. The lowest BCUT2D eigenvalue weighted by Gasteiger charge is -2.14. The van der Waals surface area contributed by atoms with Gasteiger partial charge in [-0.25, -0.2) is 0 Å². The summed E-state index contributed by atoms with van der Waals surface area (Å²) < 4.78 is 1.85. The largest absolute Gasteiger partial charge is 0.389 e. The van der Waals surface area contributed by atoms with Gasteiger partial charge in [0.1, 0.15) is 4.99 Å². The summed E-state index contributed by atoms with van der Waals surface area (Å²) in [6.07, 6.45) is 4.99. The maximum Gasteiger partial charge on any atom is 0.107 e. The summed E-state index contributed by atoms with van der Waals surface area (Å²) in [5.74, 6) is 0. The van der Waals surface area contributed by atoms with Crippen molar-refractivity contribution in [3.8, 4) is 0 Å². The van der Waals surface area contributed by atoms with Crippen LogP contribution in [0.5, 0.6) is 0 Å². The monoisotopic (exact) mass is 320 g/mol. The van der Waals surface area contributed by atoms with Crippen molar-refractivity contribution in [3.63, 3.8) is 0 Å². The maximum atomic E-state index is 5.88. The molecule has 21 heavy (non-hydrogen) atoms. The molecule has 0 saturated heterocycles. The molecule has 1 aromatic carbocycles. The Morgan fingerprint density at radius 2 is 2.24 bits per heavy atom. The van der Waals surface area contributed by atoms with Gasteiger partial charge in [-0.2, -0.15) is 5.10 Å². The zero-order valence-corrected chi connectivity index (χ0v) is 14.1. The van der Waals surface area contributed by atoms with E-state index in [2.05, 4.69) is 17.3 Å². The molecule has 6 heteroatoms. The van der Waals surface area contributed by atoms with Gasteiger partial charge in [-0.1, -0.05) is 25.2 Å². The van der Waals surface area contributed by atoms with Crippen LogP contribution in [0.3, 0.4) is 0 Å². The standard InChI is InChI=1S/C15H20N4S2/c1-4-11-10(9-19(2)18-11)8-17-12-6-5-7-13(21-3)14(12)15(16)20/h5-7,9,17H,4,8H2,1-3H3,(H2,16,20). The van der Waals surface area contributed by atoms with Gasteiger partial charge in [0, 0.05) is 41.5 Å². The van der Waals surface area contributed by atoms with Crippen LogP contribution in [0.4, 0.5) is 5.69 Å². The summed E-state index contributed by atoms with van der Waals surface area (Å²) in [5.41, 5.74) is 10.1. The molecule has 0 aliphatic carbocycles. The molecule has 0 atom stereocenters. The molecule has 0 bridgehead atoms. The molecular formula is C15H20N4S2. The maximum absolute atomic E-state index is 5.88. The van der Waals surface area contributed by atoms with Crippen LogP contribution in [0.1, 0.15) is 23.7 Å². The Morgan fingerprint density at radius 3 is 2.86 bits per heavy atom. The molecule has 4 nitrogen and oxygen atoms in total. The average Bonchev–Trinajstić information content (AvgIpc) is 2.84. The molecule has 0 saturated carbocycles. The van der Waals surface area contributed by atoms with Crippen molar-refractivity contribution in [2.45, 2.75) is 24.8 Å². The van der Waals surface area contributed by atoms with E-state index in [9.17, 15) is 0 Å². The summed E-state index contributed by atoms with van der Waals surface area (Å²) in [6, 6.07) is 6.06. The number of nitrogens with one attached hydrogen (secondary N) is 1. The Balaban J connectivity index is 2.25. The van der Waals surface area contributed by atoms with Gasteiger partial charge in [0.05, 0.1) is 5.69 Å². The Kier molecular flexibility index (Phi) is 5.25. The third-order valence-electron chi connectivity index (χ3n) is 3.29. The zero-order valence-electron chi connectivity index (χ0n) is 12.5. The number of aryl methyl sites for hydroxylation is 2. The summed E-state index contributed by atoms with van der Waals surface area (Å²) >= 11 is 6.84. The van der Waals surface area contributed by atoms with E-state index in [-0.39, 0.29) is 0 Å². The summed E-state index contributed by atoms with van der Waals surface area (Å²) in [7, 11) is 1.94.